The van der Waals surface area contributed by atoms with E-state index < -0.39 is 0 Å². The average molecular weight is 416 g/mol. The zero-order valence-corrected chi connectivity index (χ0v) is 15.0. The first-order valence-corrected chi connectivity index (χ1v) is 9.00. The summed E-state index contributed by atoms with van der Waals surface area (Å²) in [5.74, 6) is 0.694. The molecule has 0 aliphatic carbocycles. The Balaban J connectivity index is 1.77. The number of carbonyl (C=O) groups is 2. The summed E-state index contributed by atoms with van der Waals surface area (Å²) in [4.78, 5) is 26.2. The molecule has 21 heavy (non-hydrogen) atoms. The van der Waals surface area contributed by atoms with Crippen LogP contribution in [0, 0.1) is 10.5 Å². The second-order valence-corrected chi connectivity index (χ2v) is 8.38. The maximum absolute atomic E-state index is 12.5. The number of fused-ring (bicyclic) bond motifs is 1. The fourth-order valence-electron chi connectivity index (χ4n) is 2.91. The molecule has 2 fully saturated rings. The summed E-state index contributed by atoms with van der Waals surface area (Å²) in [5, 5.41) is 2.95. The fraction of sp³-hybridized carbons (Fsp3) is 0.467. The molecular formula is C15H17IN2O2S. The first-order chi connectivity index (χ1) is 9.90. The van der Waals surface area contributed by atoms with Gasteiger partial charge in [0.05, 0.1) is 4.87 Å². The minimum atomic E-state index is -0.353. The van der Waals surface area contributed by atoms with Crippen molar-refractivity contribution in [1.29, 1.82) is 0 Å². The molecule has 0 spiro atoms. The largest absolute Gasteiger partial charge is 0.324 e. The Labute approximate surface area is 142 Å². The number of nitrogens with one attached hydrogen (secondary N) is 1. The lowest BCUT2D eigenvalue weighted by Gasteiger charge is -2.29. The summed E-state index contributed by atoms with van der Waals surface area (Å²) in [6, 6.07) is 5.50. The second kappa shape index (κ2) is 5.46. The number of nitrogens with zero attached hydrogens (tertiary/aromatic N) is 1. The number of amides is 2. The van der Waals surface area contributed by atoms with Gasteiger partial charge in [0.25, 0.3) is 0 Å². The van der Waals surface area contributed by atoms with Crippen LogP contribution in [-0.2, 0) is 9.59 Å². The Morgan fingerprint density at radius 1 is 1.52 bits per heavy atom. The maximum Gasteiger partial charge on any atom is 0.248 e. The van der Waals surface area contributed by atoms with Crippen LogP contribution < -0.4 is 5.32 Å². The molecule has 0 aromatic heterocycles. The third-order valence-electron chi connectivity index (χ3n) is 4.19. The number of rotatable bonds is 2. The van der Waals surface area contributed by atoms with Crippen LogP contribution in [0.15, 0.2) is 18.2 Å². The molecule has 2 heterocycles. The van der Waals surface area contributed by atoms with Crippen molar-refractivity contribution < 1.29 is 9.59 Å². The van der Waals surface area contributed by atoms with Gasteiger partial charge in [0.15, 0.2) is 0 Å². The van der Waals surface area contributed by atoms with Gasteiger partial charge < -0.3 is 10.2 Å². The Morgan fingerprint density at radius 2 is 2.29 bits per heavy atom. The standard InChI is InChI=1S/C15H17IN2O2S/c1-9-3-4-10(7-11(9)16)17-14(20)12-8-21-15(2)6-5-13(19)18(12)15/h3-4,7,12H,5-6,8H2,1-2H3,(H,17,20)/t12-,15+/m1/s1. The summed E-state index contributed by atoms with van der Waals surface area (Å²) < 4.78 is 1.12. The zero-order valence-electron chi connectivity index (χ0n) is 12.0. The van der Waals surface area contributed by atoms with Crippen molar-refractivity contribution in [3.63, 3.8) is 0 Å². The van der Waals surface area contributed by atoms with Crippen molar-refractivity contribution in [3.05, 3.63) is 27.3 Å². The van der Waals surface area contributed by atoms with E-state index in [1.807, 2.05) is 25.1 Å². The highest BCUT2D eigenvalue weighted by atomic mass is 127. The van der Waals surface area contributed by atoms with E-state index in [0.29, 0.717) is 12.2 Å². The summed E-state index contributed by atoms with van der Waals surface area (Å²) in [5.41, 5.74) is 1.98. The highest BCUT2D eigenvalue weighted by Crippen LogP contribution is 2.47. The number of benzene rings is 1. The van der Waals surface area contributed by atoms with Crippen molar-refractivity contribution in [2.45, 2.75) is 37.6 Å². The zero-order chi connectivity index (χ0) is 15.2. The van der Waals surface area contributed by atoms with Crippen molar-refractivity contribution in [2.75, 3.05) is 11.1 Å². The Hall–Kier alpha value is -0.760. The number of aryl methyl sites for hydroxylation is 1. The molecule has 2 saturated heterocycles. The lowest BCUT2D eigenvalue weighted by Crippen LogP contribution is -2.48. The molecule has 0 bridgehead atoms. The van der Waals surface area contributed by atoms with E-state index in [1.165, 1.54) is 5.56 Å². The highest BCUT2D eigenvalue weighted by Gasteiger charge is 2.52. The normalized spacial score (nSPS) is 27.9. The van der Waals surface area contributed by atoms with Gasteiger partial charge in [-0.2, -0.15) is 0 Å². The number of anilines is 1. The van der Waals surface area contributed by atoms with E-state index in [-0.39, 0.29) is 22.7 Å². The summed E-state index contributed by atoms with van der Waals surface area (Å²) in [6.07, 6.45) is 1.39. The van der Waals surface area contributed by atoms with E-state index >= 15 is 0 Å². The summed E-state index contributed by atoms with van der Waals surface area (Å²) >= 11 is 3.97. The van der Waals surface area contributed by atoms with Crippen LogP contribution in [0.1, 0.15) is 25.3 Å². The molecule has 1 aromatic carbocycles. The van der Waals surface area contributed by atoms with Crippen molar-refractivity contribution >= 4 is 51.9 Å². The molecule has 4 nitrogen and oxygen atoms in total. The number of halogens is 1. The van der Waals surface area contributed by atoms with Gasteiger partial charge in [0.2, 0.25) is 11.8 Å². The van der Waals surface area contributed by atoms with Gasteiger partial charge in [-0.15, -0.1) is 11.8 Å². The van der Waals surface area contributed by atoms with Crippen LogP contribution in [0.4, 0.5) is 5.69 Å². The van der Waals surface area contributed by atoms with Crippen LogP contribution in [0.25, 0.3) is 0 Å². The van der Waals surface area contributed by atoms with Crippen LogP contribution in [0.2, 0.25) is 0 Å². The molecule has 2 atom stereocenters. The van der Waals surface area contributed by atoms with Gasteiger partial charge in [0.1, 0.15) is 6.04 Å². The first-order valence-electron chi connectivity index (χ1n) is 6.94. The smallest absolute Gasteiger partial charge is 0.248 e. The SMILES string of the molecule is Cc1ccc(NC(=O)[C@H]2CS[C@@]3(C)CCC(=O)N23)cc1I. The molecule has 0 saturated carbocycles. The molecular weight excluding hydrogens is 399 g/mol. The van der Waals surface area contributed by atoms with E-state index in [9.17, 15) is 9.59 Å². The third kappa shape index (κ3) is 2.67. The summed E-state index contributed by atoms with van der Waals surface area (Å²) in [7, 11) is 0. The van der Waals surface area contributed by atoms with Crippen molar-refractivity contribution in [2.24, 2.45) is 0 Å². The first kappa shape index (κ1) is 15.1. The molecule has 2 amide bonds. The number of carbonyl (C=O) groups excluding carboxylic acids is 2. The van der Waals surface area contributed by atoms with Gasteiger partial charge in [-0.3, -0.25) is 9.59 Å². The quantitative estimate of drug-likeness (QED) is 0.755. The maximum atomic E-state index is 12.5. The third-order valence-corrected chi connectivity index (χ3v) is 6.85. The predicted molar refractivity (Wildman–Crippen MR) is 93.3 cm³/mol. The molecule has 1 N–H and O–H groups in total. The van der Waals surface area contributed by atoms with Gasteiger partial charge in [-0.1, -0.05) is 6.07 Å². The molecule has 2 aliphatic heterocycles. The Bertz CT molecular complexity index is 622. The lowest BCUT2D eigenvalue weighted by atomic mass is 10.2. The van der Waals surface area contributed by atoms with Crippen LogP contribution in [0.3, 0.4) is 0 Å². The Kier molecular flexibility index (Phi) is 3.94. The molecule has 3 rings (SSSR count). The van der Waals surface area contributed by atoms with Crippen LogP contribution in [-0.4, -0.2) is 33.4 Å². The summed E-state index contributed by atoms with van der Waals surface area (Å²) in [6.45, 7) is 4.10. The van der Waals surface area contributed by atoms with Crippen LogP contribution in [0.5, 0.6) is 0 Å². The van der Waals surface area contributed by atoms with Gasteiger partial charge in [-0.05, 0) is 60.6 Å². The average Bonchev–Trinajstić information content (AvgIpc) is 2.91. The molecule has 6 heteroatoms. The minimum absolute atomic E-state index is 0.0823. The lowest BCUT2D eigenvalue weighted by molar-refractivity contribution is -0.135. The van der Waals surface area contributed by atoms with Gasteiger partial charge in [0, 0.05) is 21.4 Å². The number of hydrogen-bond donors (Lipinski definition) is 1. The fourth-order valence-corrected chi connectivity index (χ4v) is 4.86. The topological polar surface area (TPSA) is 49.4 Å². The minimum Gasteiger partial charge on any atom is -0.324 e. The molecule has 0 unspecified atom stereocenters. The van der Waals surface area contributed by atoms with E-state index in [4.69, 9.17) is 0 Å². The monoisotopic (exact) mass is 416 g/mol. The van der Waals surface area contributed by atoms with E-state index in [1.54, 1.807) is 16.7 Å². The molecule has 112 valence electrons. The molecule has 0 radical (unpaired) electrons. The Morgan fingerprint density at radius 3 is 3.00 bits per heavy atom. The van der Waals surface area contributed by atoms with Crippen molar-refractivity contribution in [1.82, 2.24) is 4.90 Å². The predicted octanol–water partition coefficient (Wildman–Crippen LogP) is 2.99. The second-order valence-electron chi connectivity index (χ2n) is 5.72. The number of hydrogen-bond acceptors (Lipinski definition) is 3. The van der Waals surface area contributed by atoms with Crippen LogP contribution >= 0.6 is 34.4 Å². The van der Waals surface area contributed by atoms with E-state index in [0.717, 1.165) is 15.7 Å². The molecule has 2 aliphatic rings. The molecule has 1 aromatic rings. The van der Waals surface area contributed by atoms with Gasteiger partial charge >= 0.3 is 0 Å². The van der Waals surface area contributed by atoms with Crippen molar-refractivity contribution in [3.8, 4) is 0 Å². The van der Waals surface area contributed by atoms with E-state index in [2.05, 4.69) is 34.8 Å². The highest BCUT2D eigenvalue weighted by molar-refractivity contribution is 14.1. The number of thioether (sulfide) groups is 1. The van der Waals surface area contributed by atoms with Gasteiger partial charge in [-0.25, -0.2) is 0 Å².